The van der Waals surface area contributed by atoms with Crippen LogP contribution in [0.4, 0.5) is 5.82 Å². The summed E-state index contributed by atoms with van der Waals surface area (Å²) in [4.78, 5) is 11.8. The Labute approximate surface area is 106 Å². The highest BCUT2D eigenvalue weighted by Gasteiger charge is 2.16. The molecule has 0 radical (unpaired) electrons. The van der Waals surface area contributed by atoms with Crippen LogP contribution in [0.1, 0.15) is 10.4 Å². The van der Waals surface area contributed by atoms with Crippen LogP contribution in [0.5, 0.6) is 5.75 Å². The van der Waals surface area contributed by atoms with E-state index in [2.05, 4.69) is 21.0 Å². The van der Waals surface area contributed by atoms with Gasteiger partial charge in [0.25, 0.3) is 0 Å². The Morgan fingerprint density at radius 3 is 2.76 bits per heavy atom. The quantitative estimate of drug-likeness (QED) is 0.679. The van der Waals surface area contributed by atoms with Crippen LogP contribution in [0.3, 0.4) is 0 Å². The number of carbonyl (C=O) groups excluding carboxylic acids is 1. The van der Waals surface area contributed by atoms with Gasteiger partial charge in [-0.05, 0) is 28.1 Å². The summed E-state index contributed by atoms with van der Waals surface area (Å²) in [5.74, 6) is 0.199. The highest BCUT2D eigenvalue weighted by Crippen LogP contribution is 2.25. The van der Waals surface area contributed by atoms with Crippen molar-refractivity contribution >= 4 is 27.7 Å². The second kappa shape index (κ2) is 4.58. The first-order valence-electron chi connectivity index (χ1n) is 4.84. The van der Waals surface area contributed by atoms with Crippen molar-refractivity contribution in [1.29, 1.82) is 0 Å². The zero-order valence-electron chi connectivity index (χ0n) is 9.05. The van der Waals surface area contributed by atoms with Gasteiger partial charge in [-0.25, -0.2) is 4.79 Å². The number of carbonyl (C=O) groups is 1. The number of benzene rings is 1. The summed E-state index contributed by atoms with van der Waals surface area (Å²) in [5.41, 5.74) is 5.94. The second-order valence-corrected chi connectivity index (χ2v) is 4.24. The van der Waals surface area contributed by atoms with Crippen LogP contribution in [0.25, 0.3) is 0 Å². The first kappa shape index (κ1) is 11.7. The lowest BCUT2D eigenvalue weighted by Gasteiger charge is -2.05. The number of esters is 1. The Morgan fingerprint density at radius 2 is 2.18 bits per heavy atom. The third kappa shape index (κ3) is 2.31. The maximum Gasteiger partial charge on any atom is 0.348 e. The Kier molecular flexibility index (Phi) is 3.14. The van der Waals surface area contributed by atoms with Gasteiger partial charge in [-0.2, -0.15) is 5.10 Å². The lowest BCUT2D eigenvalue weighted by Crippen LogP contribution is -2.11. The predicted octanol–water partition coefficient (Wildman–Crippen LogP) is 1.98. The first-order chi connectivity index (χ1) is 8.09. The van der Waals surface area contributed by atoms with Gasteiger partial charge in [-0.3, -0.25) is 4.68 Å². The van der Waals surface area contributed by atoms with Crippen molar-refractivity contribution < 1.29 is 9.53 Å². The smallest absolute Gasteiger partial charge is 0.348 e. The van der Waals surface area contributed by atoms with Gasteiger partial charge < -0.3 is 10.5 Å². The molecule has 88 valence electrons. The molecule has 1 heterocycles. The van der Waals surface area contributed by atoms with Gasteiger partial charge in [-0.15, -0.1) is 0 Å². The fraction of sp³-hybridized carbons (Fsp3) is 0.0909. The van der Waals surface area contributed by atoms with Gasteiger partial charge in [-0.1, -0.05) is 12.1 Å². The van der Waals surface area contributed by atoms with Crippen molar-refractivity contribution in [3.63, 3.8) is 0 Å². The first-order valence-corrected chi connectivity index (χ1v) is 5.63. The van der Waals surface area contributed by atoms with E-state index >= 15 is 0 Å². The van der Waals surface area contributed by atoms with E-state index in [1.165, 1.54) is 10.9 Å². The average Bonchev–Trinajstić information content (AvgIpc) is 2.63. The summed E-state index contributed by atoms with van der Waals surface area (Å²) in [6, 6.07) is 7.09. The molecule has 0 saturated carbocycles. The lowest BCUT2D eigenvalue weighted by atomic mass is 10.3. The van der Waals surface area contributed by atoms with Gasteiger partial charge in [0.1, 0.15) is 17.1 Å². The third-order valence-electron chi connectivity index (χ3n) is 2.24. The fourth-order valence-corrected chi connectivity index (χ4v) is 1.65. The Balaban J connectivity index is 2.23. The van der Waals surface area contributed by atoms with Gasteiger partial charge >= 0.3 is 5.97 Å². The van der Waals surface area contributed by atoms with E-state index in [-0.39, 0.29) is 11.4 Å². The molecule has 0 aliphatic carbocycles. The molecular weight excluding hydrogens is 286 g/mol. The third-order valence-corrected chi connectivity index (χ3v) is 2.90. The number of halogens is 1. The number of nitrogen functional groups attached to an aromatic ring is 1. The van der Waals surface area contributed by atoms with E-state index in [0.717, 1.165) is 0 Å². The Hall–Kier alpha value is -1.82. The summed E-state index contributed by atoms with van der Waals surface area (Å²) in [6.45, 7) is 0. The zero-order valence-corrected chi connectivity index (χ0v) is 10.6. The SMILES string of the molecule is Cn1ncc(C(=O)Oc2ccccc2Br)c1N. The number of aryl methyl sites for hydroxylation is 1. The summed E-state index contributed by atoms with van der Waals surface area (Å²) in [6.07, 6.45) is 1.38. The molecule has 2 N–H and O–H groups in total. The maximum atomic E-state index is 11.8. The fourth-order valence-electron chi connectivity index (χ4n) is 1.29. The molecule has 0 spiro atoms. The number of nitrogens with two attached hydrogens (primary N) is 1. The molecule has 1 aromatic heterocycles. The van der Waals surface area contributed by atoms with E-state index in [0.29, 0.717) is 10.2 Å². The molecule has 2 rings (SSSR count). The molecule has 17 heavy (non-hydrogen) atoms. The van der Waals surface area contributed by atoms with E-state index in [1.54, 1.807) is 25.2 Å². The molecule has 0 atom stereocenters. The summed E-state index contributed by atoms with van der Waals surface area (Å²) in [7, 11) is 1.66. The van der Waals surface area contributed by atoms with Crippen molar-refractivity contribution in [3.8, 4) is 5.75 Å². The summed E-state index contributed by atoms with van der Waals surface area (Å²) in [5, 5.41) is 3.88. The molecule has 0 bridgehead atoms. The average molecular weight is 296 g/mol. The van der Waals surface area contributed by atoms with Crippen LogP contribution in [-0.4, -0.2) is 15.7 Å². The second-order valence-electron chi connectivity index (χ2n) is 3.39. The molecule has 0 fully saturated rings. The van der Waals surface area contributed by atoms with Crippen LogP contribution >= 0.6 is 15.9 Å². The topological polar surface area (TPSA) is 70.1 Å². The van der Waals surface area contributed by atoms with Gasteiger partial charge in [0.15, 0.2) is 0 Å². The standard InChI is InChI=1S/C11H10BrN3O2/c1-15-10(13)7(6-14-15)11(16)17-9-5-3-2-4-8(9)12/h2-6H,13H2,1H3. The number of hydrogen-bond acceptors (Lipinski definition) is 4. The van der Waals surface area contributed by atoms with Crippen molar-refractivity contribution in [2.24, 2.45) is 7.05 Å². The molecule has 6 heteroatoms. The molecule has 5 nitrogen and oxygen atoms in total. The van der Waals surface area contributed by atoms with Crippen LogP contribution in [0.2, 0.25) is 0 Å². The number of nitrogens with zero attached hydrogens (tertiary/aromatic N) is 2. The van der Waals surface area contributed by atoms with E-state index in [4.69, 9.17) is 10.5 Å². The van der Waals surface area contributed by atoms with Crippen molar-refractivity contribution in [2.75, 3.05) is 5.73 Å². The molecule has 1 aromatic carbocycles. The van der Waals surface area contributed by atoms with Crippen molar-refractivity contribution in [2.45, 2.75) is 0 Å². The number of hydrogen-bond donors (Lipinski definition) is 1. The van der Waals surface area contributed by atoms with E-state index in [1.807, 2.05) is 6.07 Å². The van der Waals surface area contributed by atoms with Gasteiger partial charge in [0.05, 0.1) is 10.7 Å². The minimum atomic E-state index is -0.525. The highest BCUT2D eigenvalue weighted by molar-refractivity contribution is 9.10. The summed E-state index contributed by atoms with van der Waals surface area (Å²) < 4.78 is 7.32. The minimum absolute atomic E-state index is 0.253. The normalized spacial score (nSPS) is 10.2. The van der Waals surface area contributed by atoms with E-state index < -0.39 is 5.97 Å². The zero-order chi connectivity index (χ0) is 12.4. The van der Waals surface area contributed by atoms with Crippen LogP contribution < -0.4 is 10.5 Å². The molecular formula is C11H10BrN3O2. The van der Waals surface area contributed by atoms with Crippen molar-refractivity contribution in [1.82, 2.24) is 9.78 Å². The molecule has 0 amide bonds. The van der Waals surface area contributed by atoms with Gasteiger partial charge in [0, 0.05) is 7.05 Å². The van der Waals surface area contributed by atoms with Crippen LogP contribution in [-0.2, 0) is 7.05 Å². The van der Waals surface area contributed by atoms with Crippen LogP contribution in [0, 0.1) is 0 Å². The monoisotopic (exact) mass is 295 g/mol. The predicted molar refractivity (Wildman–Crippen MR) is 66.7 cm³/mol. The maximum absolute atomic E-state index is 11.8. The largest absolute Gasteiger partial charge is 0.422 e. The lowest BCUT2D eigenvalue weighted by molar-refractivity contribution is 0.0734. The molecule has 0 aliphatic rings. The Bertz CT molecular complexity index is 566. The number of para-hydroxylation sites is 1. The molecule has 0 aliphatic heterocycles. The van der Waals surface area contributed by atoms with Gasteiger partial charge in [0.2, 0.25) is 0 Å². The number of rotatable bonds is 2. The number of anilines is 1. The molecule has 0 unspecified atom stereocenters. The van der Waals surface area contributed by atoms with E-state index in [9.17, 15) is 4.79 Å². The Morgan fingerprint density at radius 1 is 1.47 bits per heavy atom. The number of aromatic nitrogens is 2. The van der Waals surface area contributed by atoms with Crippen molar-refractivity contribution in [3.05, 3.63) is 40.5 Å². The molecule has 0 saturated heterocycles. The summed E-state index contributed by atoms with van der Waals surface area (Å²) >= 11 is 3.29. The number of ether oxygens (including phenoxy) is 1. The highest BCUT2D eigenvalue weighted by atomic mass is 79.9. The molecule has 2 aromatic rings. The van der Waals surface area contributed by atoms with Crippen LogP contribution in [0.15, 0.2) is 34.9 Å². The minimum Gasteiger partial charge on any atom is -0.422 e.